The highest BCUT2D eigenvalue weighted by molar-refractivity contribution is 7.15. The number of thiazole rings is 1. The van der Waals surface area contributed by atoms with Crippen molar-refractivity contribution in [1.82, 2.24) is 15.2 Å². The average molecular weight is 374 g/mol. The summed E-state index contributed by atoms with van der Waals surface area (Å²) in [5.74, 6) is 0.111. The number of aryl methyl sites for hydroxylation is 1. The number of aromatic nitrogens is 1. The average Bonchev–Trinajstić information content (AvgIpc) is 3.20. The van der Waals surface area contributed by atoms with Crippen molar-refractivity contribution in [3.8, 4) is 6.07 Å². The molecule has 0 saturated carbocycles. The topological polar surface area (TPSA) is 81.0 Å². The number of amides is 1. The zero-order valence-corrected chi connectivity index (χ0v) is 15.1. The number of carbonyl (C=O) groups is 1. The van der Waals surface area contributed by atoms with Crippen LogP contribution in [-0.2, 0) is 11.3 Å². The van der Waals surface area contributed by atoms with Gasteiger partial charge in [-0.3, -0.25) is 4.79 Å². The predicted molar refractivity (Wildman–Crippen MR) is 98.0 cm³/mol. The Bertz CT molecular complexity index is 853. The van der Waals surface area contributed by atoms with Gasteiger partial charge in [-0.25, -0.2) is 4.98 Å². The van der Waals surface area contributed by atoms with Crippen molar-refractivity contribution in [1.29, 1.82) is 5.26 Å². The van der Waals surface area contributed by atoms with Gasteiger partial charge < -0.3 is 15.5 Å². The normalized spacial score (nSPS) is 15.5. The molecule has 6 nitrogen and oxygen atoms in total. The third-order valence-corrected chi connectivity index (χ3v) is 4.85. The highest BCUT2D eigenvalue weighted by Crippen LogP contribution is 2.23. The second kappa shape index (κ2) is 7.55. The molecule has 25 heavy (non-hydrogen) atoms. The number of anilines is 1. The molecule has 0 aliphatic carbocycles. The number of hydrogen-bond acceptors (Lipinski definition) is 6. The highest BCUT2D eigenvalue weighted by Gasteiger charge is 2.25. The van der Waals surface area contributed by atoms with E-state index in [0.29, 0.717) is 35.6 Å². The van der Waals surface area contributed by atoms with Crippen molar-refractivity contribution >= 4 is 34.5 Å². The van der Waals surface area contributed by atoms with E-state index in [1.54, 1.807) is 6.20 Å². The van der Waals surface area contributed by atoms with E-state index in [1.165, 1.54) is 11.3 Å². The lowest BCUT2D eigenvalue weighted by molar-refractivity contribution is -0.112. The quantitative estimate of drug-likeness (QED) is 0.636. The summed E-state index contributed by atoms with van der Waals surface area (Å²) in [6.45, 7) is 3.90. The molecule has 0 unspecified atom stereocenters. The van der Waals surface area contributed by atoms with Crippen LogP contribution in [0.4, 0.5) is 5.69 Å². The molecule has 2 heterocycles. The van der Waals surface area contributed by atoms with Gasteiger partial charge in [0, 0.05) is 29.9 Å². The van der Waals surface area contributed by atoms with Crippen LogP contribution in [0.3, 0.4) is 0 Å². The molecule has 1 aromatic carbocycles. The summed E-state index contributed by atoms with van der Waals surface area (Å²) >= 11 is 7.26. The van der Waals surface area contributed by atoms with Gasteiger partial charge in [-0.05, 0) is 19.1 Å². The highest BCUT2D eigenvalue weighted by atomic mass is 35.5. The molecule has 1 aliphatic rings. The molecule has 0 spiro atoms. The number of rotatable bonds is 4. The van der Waals surface area contributed by atoms with Crippen LogP contribution in [-0.4, -0.2) is 28.9 Å². The zero-order valence-electron chi connectivity index (χ0n) is 13.5. The third-order valence-electron chi connectivity index (χ3n) is 3.75. The molecule has 2 aromatic rings. The SMILES string of the molecule is Cc1ccc(NC(=O)/C(C#N)=C2\NCCN2Cc2cnc(Cl)s2)cc1. The fourth-order valence-electron chi connectivity index (χ4n) is 2.52. The summed E-state index contributed by atoms with van der Waals surface area (Å²) in [6, 6.07) is 9.46. The van der Waals surface area contributed by atoms with Crippen molar-refractivity contribution in [2.45, 2.75) is 13.5 Å². The summed E-state index contributed by atoms with van der Waals surface area (Å²) in [4.78, 5) is 19.5. The standard InChI is InChI=1S/C17H16ClN5OS/c1-11-2-4-12(5-3-11)22-16(24)14(8-19)15-20-6-7-23(15)10-13-9-21-17(18)25-13/h2-5,9,20H,6-7,10H2,1H3,(H,22,24)/b15-14+. The number of hydrogen-bond donors (Lipinski definition) is 2. The van der Waals surface area contributed by atoms with Gasteiger partial charge in [0.25, 0.3) is 5.91 Å². The summed E-state index contributed by atoms with van der Waals surface area (Å²) in [6.07, 6.45) is 1.71. The molecule has 1 saturated heterocycles. The van der Waals surface area contributed by atoms with E-state index in [0.717, 1.165) is 10.4 Å². The van der Waals surface area contributed by atoms with E-state index in [1.807, 2.05) is 42.2 Å². The van der Waals surface area contributed by atoms with Crippen molar-refractivity contribution in [2.24, 2.45) is 0 Å². The number of nitriles is 1. The Morgan fingerprint density at radius 1 is 1.48 bits per heavy atom. The molecule has 8 heteroatoms. The Morgan fingerprint density at radius 2 is 2.24 bits per heavy atom. The minimum Gasteiger partial charge on any atom is -0.369 e. The summed E-state index contributed by atoms with van der Waals surface area (Å²) in [7, 11) is 0. The van der Waals surface area contributed by atoms with Crippen molar-refractivity contribution in [3.05, 3.63) is 56.8 Å². The number of benzene rings is 1. The lowest BCUT2D eigenvalue weighted by Crippen LogP contribution is -2.25. The van der Waals surface area contributed by atoms with Gasteiger partial charge in [0.2, 0.25) is 0 Å². The lowest BCUT2D eigenvalue weighted by atomic mass is 10.2. The van der Waals surface area contributed by atoms with Gasteiger partial charge in [-0.15, -0.1) is 11.3 Å². The smallest absolute Gasteiger partial charge is 0.270 e. The molecule has 0 atom stereocenters. The van der Waals surface area contributed by atoms with E-state index in [2.05, 4.69) is 15.6 Å². The third kappa shape index (κ3) is 4.10. The first-order valence-corrected chi connectivity index (χ1v) is 8.87. The maximum atomic E-state index is 12.5. The Balaban J connectivity index is 1.79. The summed E-state index contributed by atoms with van der Waals surface area (Å²) in [5, 5.41) is 15.4. The van der Waals surface area contributed by atoms with Crippen LogP contribution in [0.15, 0.2) is 41.9 Å². The van der Waals surface area contributed by atoms with E-state index in [9.17, 15) is 10.1 Å². The molecule has 1 fully saturated rings. The van der Waals surface area contributed by atoms with E-state index in [-0.39, 0.29) is 5.57 Å². The van der Waals surface area contributed by atoms with Crippen molar-refractivity contribution < 1.29 is 4.79 Å². The van der Waals surface area contributed by atoms with E-state index < -0.39 is 5.91 Å². The van der Waals surface area contributed by atoms with Crippen LogP contribution in [0.2, 0.25) is 4.47 Å². The molecular formula is C17H16ClN5OS. The first-order chi connectivity index (χ1) is 12.1. The number of carbonyl (C=O) groups excluding carboxylic acids is 1. The minimum atomic E-state index is -0.428. The molecule has 3 rings (SSSR count). The minimum absolute atomic E-state index is 0.0636. The maximum absolute atomic E-state index is 12.5. The second-order valence-corrected chi connectivity index (χ2v) is 7.28. The van der Waals surface area contributed by atoms with Crippen molar-refractivity contribution in [2.75, 3.05) is 18.4 Å². The molecule has 128 valence electrons. The van der Waals surface area contributed by atoms with Gasteiger partial charge in [-0.2, -0.15) is 5.26 Å². The largest absolute Gasteiger partial charge is 0.369 e. The number of nitrogens with zero attached hydrogens (tertiary/aromatic N) is 3. The summed E-state index contributed by atoms with van der Waals surface area (Å²) < 4.78 is 0.477. The molecule has 2 N–H and O–H groups in total. The lowest BCUT2D eigenvalue weighted by Gasteiger charge is -2.19. The molecule has 0 radical (unpaired) electrons. The predicted octanol–water partition coefficient (Wildman–Crippen LogP) is 2.88. The molecule has 1 aromatic heterocycles. The molecule has 0 bridgehead atoms. The van der Waals surface area contributed by atoms with Gasteiger partial charge >= 0.3 is 0 Å². The fraction of sp³-hybridized carbons (Fsp3) is 0.235. The van der Waals surface area contributed by atoms with Gasteiger partial charge in [0.1, 0.15) is 11.9 Å². The van der Waals surface area contributed by atoms with Crippen LogP contribution in [0.25, 0.3) is 0 Å². The molecule has 1 amide bonds. The molecule has 1 aliphatic heterocycles. The Morgan fingerprint density at radius 3 is 2.88 bits per heavy atom. The Hall–Kier alpha value is -2.56. The number of nitrogens with one attached hydrogen (secondary N) is 2. The Labute approximate surface area is 154 Å². The number of halogens is 1. The monoisotopic (exact) mass is 373 g/mol. The maximum Gasteiger partial charge on any atom is 0.270 e. The summed E-state index contributed by atoms with van der Waals surface area (Å²) in [5.41, 5.74) is 1.82. The first-order valence-electron chi connectivity index (χ1n) is 7.68. The second-order valence-electron chi connectivity index (χ2n) is 5.58. The Kier molecular flexibility index (Phi) is 5.22. The van der Waals surface area contributed by atoms with Crippen LogP contribution in [0.1, 0.15) is 10.4 Å². The van der Waals surface area contributed by atoms with Crippen LogP contribution < -0.4 is 10.6 Å². The zero-order chi connectivity index (χ0) is 17.8. The van der Waals surface area contributed by atoms with Crippen molar-refractivity contribution in [3.63, 3.8) is 0 Å². The van der Waals surface area contributed by atoms with Gasteiger partial charge in [0.15, 0.2) is 10.0 Å². The van der Waals surface area contributed by atoms with Crippen LogP contribution >= 0.6 is 22.9 Å². The van der Waals surface area contributed by atoms with E-state index >= 15 is 0 Å². The van der Waals surface area contributed by atoms with Crippen LogP contribution in [0.5, 0.6) is 0 Å². The molecular weight excluding hydrogens is 358 g/mol. The van der Waals surface area contributed by atoms with Crippen LogP contribution in [0, 0.1) is 18.3 Å². The van der Waals surface area contributed by atoms with Gasteiger partial charge in [-0.1, -0.05) is 29.3 Å². The van der Waals surface area contributed by atoms with Gasteiger partial charge in [0.05, 0.1) is 6.54 Å². The first kappa shape index (κ1) is 17.3. The fourth-order valence-corrected chi connectivity index (χ4v) is 3.52. The van der Waals surface area contributed by atoms with E-state index in [4.69, 9.17) is 11.6 Å².